The van der Waals surface area contributed by atoms with Crippen molar-refractivity contribution in [2.75, 3.05) is 0 Å². The highest BCUT2D eigenvalue weighted by Gasteiger charge is 2.12. The number of hydrogen-bond acceptors (Lipinski definition) is 3. The second-order valence-electron chi connectivity index (χ2n) is 9.63. The third-order valence-corrected chi connectivity index (χ3v) is 6.82. The van der Waals surface area contributed by atoms with E-state index in [1.54, 1.807) is 12.4 Å². The molecule has 0 spiro atoms. The Bertz CT molecular complexity index is 1670. The number of nitrogens with zero attached hydrogens (tertiary/aromatic N) is 3. The molecular weight excluding hydrogens is 474 g/mol. The Balaban J connectivity index is 1.51. The molecule has 0 aliphatic carbocycles. The molecule has 0 unspecified atom stereocenters. The summed E-state index contributed by atoms with van der Waals surface area (Å²) in [4.78, 5) is 13.8. The van der Waals surface area contributed by atoms with Gasteiger partial charge in [-0.1, -0.05) is 78.9 Å². The predicted molar refractivity (Wildman–Crippen MR) is 162 cm³/mol. The van der Waals surface area contributed by atoms with Gasteiger partial charge in [-0.15, -0.1) is 0 Å². The Morgan fingerprint density at radius 2 is 0.949 bits per heavy atom. The van der Waals surface area contributed by atoms with Crippen molar-refractivity contribution in [3.8, 4) is 55.9 Å². The number of aromatic nitrogens is 3. The van der Waals surface area contributed by atoms with Crippen molar-refractivity contribution in [2.45, 2.75) is 6.92 Å². The summed E-state index contributed by atoms with van der Waals surface area (Å²) >= 11 is 0. The highest BCUT2D eigenvalue weighted by molar-refractivity contribution is 5.81. The van der Waals surface area contributed by atoms with Crippen LogP contribution in [0, 0.1) is 0 Å². The van der Waals surface area contributed by atoms with Crippen LogP contribution in [0.5, 0.6) is 0 Å². The van der Waals surface area contributed by atoms with Gasteiger partial charge in [0, 0.05) is 47.0 Å². The van der Waals surface area contributed by atoms with Crippen LogP contribution in [0.3, 0.4) is 0 Å². The molecule has 3 aromatic carbocycles. The van der Waals surface area contributed by atoms with Gasteiger partial charge in [-0.05, 0) is 77.2 Å². The summed E-state index contributed by atoms with van der Waals surface area (Å²) in [6.45, 7) is 6.17. The molecule has 0 N–H and O–H groups in total. The minimum Gasteiger partial charge on any atom is -0.264 e. The summed E-state index contributed by atoms with van der Waals surface area (Å²) < 4.78 is 0. The first-order valence-corrected chi connectivity index (χ1v) is 12.9. The van der Waals surface area contributed by atoms with Crippen molar-refractivity contribution in [3.05, 3.63) is 146 Å². The number of benzene rings is 3. The lowest BCUT2D eigenvalue weighted by Crippen LogP contribution is -1.93. The summed E-state index contributed by atoms with van der Waals surface area (Å²) in [5, 5.41) is 0. The van der Waals surface area contributed by atoms with Gasteiger partial charge in [0.05, 0.1) is 11.4 Å². The van der Waals surface area contributed by atoms with Crippen LogP contribution < -0.4 is 0 Å². The fourth-order valence-electron chi connectivity index (χ4n) is 4.74. The van der Waals surface area contributed by atoms with Crippen molar-refractivity contribution in [1.82, 2.24) is 15.0 Å². The van der Waals surface area contributed by atoms with Gasteiger partial charge >= 0.3 is 0 Å². The number of rotatable bonds is 6. The lowest BCUT2D eigenvalue weighted by Gasteiger charge is -2.13. The van der Waals surface area contributed by atoms with Gasteiger partial charge in [-0.3, -0.25) is 9.97 Å². The Morgan fingerprint density at radius 3 is 1.49 bits per heavy atom. The predicted octanol–water partition coefficient (Wildman–Crippen LogP) is 9.24. The summed E-state index contributed by atoms with van der Waals surface area (Å²) in [6.07, 6.45) is 7.38. The average Bonchev–Trinajstić information content (AvgIpc) is 3.02. The van der Waals surface area contributed by atoms with Gasteiger partial charge < -0.3 is 0 Å². The van der Waals surface area contributed by atoms with Crippen molar-refractivity contribution in [2.24, 2.45) is 0 Å². The van der Waals surface area contributed by atoms with Crippen LogP contribution in [0.15, 0.2) is 141 Å². The van der Waals surface area contributed by atoms with E-state index in [-0.39, 0.29) is 0 Å². The minimum atomic E-state index is 0.917. The molecule has 39 heavy (non-hydrogen) atoms. The molecule has 0 bridgehead atoms. The zero-order valence-electron chi connectivity index (χ0n) is 21.8. The normalized spacial score (nSPS) is 10.8. The fraction of sp³-hybridized carbons (Fsp3) is 0.0278. The molecule has 0 radical (unpaired) electrons. The van der Waals surface area contributed by atoms with E-state index < -0.39 is 0 Å². The number of pyridine rings is 3. The SMILES string of the molecule is C=C(C)c1cccc(-c2cc(-c3cccc(-c4cccnc4)c3)cc(-c3cccc(-c4cccnc4)c3)n2)c1. The van der Waals surface area contributed by atoms with Crippen molar-refractivity contribution >= 4 is 5.57 Å². The standard InChI is InChI=1S/C36H27N3/c1-25(2)26-8-3-12-30(18-26)35-21-34(29-11-4-9-27(19-29)32-14-6-16-37-23-32)22-36(39-35)31-13-5-10-28(20-31)33-15-7-17-38-24-33/h3-24H,1H2,2H3. The van der Waals surface area contributed by atoms with Crippen molar-refractivity contribution in [3.63, 3.8) is 0 Å². The van der Waals surface area contributed by atoms with Gasteiger partial charge in [0.1, 0.15) is 0 Å². The summed E-state index contributed by atoms with van der Waals surface area (Å²) in [5.41, 5.74) is 12.7. The molecular formula is C36H27N3. The third kappa shape index (κ3) is 5.29. The molecule has 6 rings (SSSR count). The van der Waals surface area contributed by atoms with E-state index in [1.165, 1.54) is 0 Å². The second kappa shape index (κ2) is 10.7. The van der Waals surface area contributed by atoms with Crippen LogP contribution in [0.1, 0.15) is 12.5 Å². The van der Waals surface area contributed by atoms with E-state index in [1.807, 2.05) is 31.5 Å². The topological polar surface area (TPSA) is 38.7 Å². The van der Waals surface area contributed by atoms with Gasteiger partial charge in [0.15, 0.2) is 0 Å². The lowest BCUT2D eigenvalue weighted by molar-refractivity contribution is 1.31. The average molecular weight is 502 g/mol. The number of allylic oxidation sites excluding steroid dienone is 1. The molecule has 0 saturated heterocycles. The molecule has 0 aliphatic rings. The first-order chi connectivity index (χ1) is 19.1. The Hall–Kier alpha value is -5.15. The van der Waals surface area contributed by atoms with Gasteiger partial charge in [0.2, 0.25) is 0 Å². The molecule has 186 valence electrons. The van der Waals surface area contributed by atoms with Gasteiger partial charge in [-0.25, -0.2) is 4.98 Å². The summed E-state index contributed by atoms with van der Waals surface area (Å²) in [7, 11) is 0. The molecule has 0 amide bonds. The molecule has 0 aliphatic heterocycles. The maximum absolute atomic E-state index is 5.16. The van der Waals surface area contributed by atoms with Crippen molar-refractivity contribution < 1.29 is 0 Å². The third-order valence-electron chi connectivity index (χ3n) is 6.82. The molecule has 6 aromatic rings. The molecule has 0 fully saturated rings. The minimum absolute atomic E-state index is 0.917. The quantitative estimate of drug-likeness (QED) is 0.228. The molecule has 0 saturated carbocycles. The molecule has 3 nitrogen and oxygen atoms in total. The van der Waals surface area contributed by atoms with Crippen LogP contribution >= 0.6 is 0 Å². The van der Waals surface area contributed by atoms with Crippen LogP contribution in [0.4, 0.5) is 0 Å². The molecule has 3 heterocycles. The summed E-state index contributed by atoms with van der Waals surface area (Å²) in [5.74, 6) is 0. The van der Waals surface area contributed by atoms with Crippen molar-refractivity contribution in [1.29, 1.82) is 0 Å². The van der Waals surface area contributed by atoms with E-state index in [0.717, 1.165) is 67.0 Å². The van der Waals surface area contributed by atoms with Crippen LogP contribution in [-0.2, 0) is 0 Å². The molecule has 3 heteroatoms. The van der Waals surface area contributed by atoms with Gasteiger partial charge in [-0.2, -0.15) is 0 Å². The van der Waals surface area contributed by atoms with Crippen LogP contribution in [0.25, 0.3) is 61.5 Å². The first-order valence-electron chi connectivity index (χ1n) is 12.9. The molecule has 0 atom stereocenters. The number of hydrogen-bond donors (Lipinski definition) is 0. The van der Waals surface area contributed by atoms with E-state index in [0.29, 0.717) is 0 Å². The first kappa shape index (κ1) is 24.2. The second-order valence-corrected chi connectivity index (χ2v) is 9.63. The monoisotopic (exact) mass is 501 g/mol. The van der Waals surface area contributed by atoms with Crippen LogP contribution in [-0.4, -0.2) is 15.0 Å². The van der Waals surface area contributed by atoms with E-state index in [4.69, 9.17) is 4.98 Å². The Morgan fingerprint density at radius 1 is 0.487 bits per heavy atom. The Kier molecular flexibility index (Phi) is 6.63. The zero-order valence-corrected chi connectivity index (χ0v) is 21.8. The smallest absolute Gasteiger partial charge is 0.0715 e. The maximum Gasteiger partial charge on any atom is 0.0715 e. The van der Waals surface area contributed by atoms with E-state index >= 15 is 0 Å². The maximum atomic E-state index is 5.16. The van der Waals surface area contributed by atoms with E-state index in [2.05, 4.69) is 114 Å². The lowest BCUT2D eigenvalue weighted by atomic mass is 9.95. The zero-order chi connectivity index (χ0) is 26.6. The Labute approximate surface area is 229 Å². The fourth-order valence-corrected chi connectivity index (χ4v) is 4.74. The highest BCUT2D eigenvalue weighted by atomic mass is 14.7. The summed E-state index contributed by atoms with van der Waals surface area (Å²) in [6, 6.07) is 38.0. The van der Waals surface area contributed by atoms with E-state index in [9.17, 15) is 0 Å². The molecule has 3 aromatic heterocycles. The largest absolute Gasteiger partial charge is 0.264 e. The van der Waals surface area contributed by atoms with Crippen LogP contribution in [0.2, 0.25) is 0 Å². The highest BCUT2D eigenvalue weighted by Crippen LogP contribution is 2.34. The van der Waals surface area contributed by atoms with Gasteiger partial charge in [0.25, 0.3) is 0 Å².